The highest BCUT2D eigenvalue weighted by atomic mass is 32.1. The Kier molecular flexibility index (Phi) is 54.2. The number of thiol groups is 1. The Bertz CT molecular complexity index is 4470. The van der Waals surface area contributed by atoms with Gasteiger partial charge in [0.2, 0.25) is 0 Å². The Morgan fingerprint density at radius 3 is 0.913 bits per heavy atom. The van der Waals surface area contributed by atoms with Crippen LogP contribution in [0.5, 0.6) is 11.5 Å². The lowest BCUT2D eigenvalue weighted by Crippen LogP contribution is -2.38. The zero-order chi connectivity index (χ0) is 89.5. The molecule has 14 N–H and O–H groups in total. The van der Waals surface area contributed by atoms with Crippen LogP contribution < -0.4 is 118 Å². The standard InChI is InChI=1S/C38H32O2P2.C19H17P.C15H17P.C14H26N4.C8H21N3.C7H20N4.C7H8S/c1-5-13-33(14-6-1)41(34-15-7-2-8-16-34)37-25-21-31(22-26-37)39-29-30-40-32-23-27-38(28-24-32)42(35-17-9-3-10-18-35)36-19-11-4-12-20-36;1-16-12-14-19(15-13-16)20(17-8-4-2-5-9-17)18-10-6-3-7-11-18;1-2-13-16(14-9-5-3-6-10-14)15-11-7-4-8-12-15;1-13-2-4-14(5-3-13)12-17-8-11-18(9-6-15)10-7-16;1-2-3-5-10-7-8-11-6-4-9;1-10-4-7-11(5-2-8)6-3-9;1-6-3-2-4-7(8)5-6/h1-28H,29-30H2;2-15H,1H3;3-12H,2,13H2,1H3;2-5,17H,6-12,15-16H2,1H3;10-11H,2-9H2,1H3;10H,2-9H2,1H3;2-5,8H,1H3. The summed E-state index contributed by atoms with van der Waals surface area (Å²) in [5.41, 5.74) is 32.5. The van der Waals surface area contributed by atoms with Crippen molar-refractivity contribution in [2.45, 2.75) is 65.3 Å². The molecule has 0 aliphatic rings. The average molecular weight is 1780 g/mol. The van der Waals surface area contributed by atoms with Gasteiger partial charge in [-0.3, -0.25) is 9.80 Å². The number of nitrogens with zero attached hydrogens (tertiary/aromatic N) is 2. The van der Waals surface area contributed by atoms with Crippen molar-refractivity contribution in [2.24, 2.45) is 28.7 Å². The smallest absolute Gasteiger partial charge is 0.122 e. The molecule has 0 aromatic heterocycles. The van der Waals surface area contributed by atoms with Crippen LogP contribution in [-0.2, 0) is 6.54 Å². The summed E-state index contributed by atoms with van der Waals surface area (Å²) in [5, 5.41) is 28.3. The summed E-state index contributed by atoms with van der Waals surface area (Å²) in [6.45, 7) is 28.1. The first-order chi connectivity index (χ1) is 61.9. The number of nitrogens with one attached hydrogen (secondary N) is 4. The zero-order valence-corrected chi connectivity index (χ0v) is 79.9. The van der Waals surface area contributed by atoms with E-state index in [0.29, 0.717) is 39.4 Å². The molecule has 13 aromatic rings. The van der Waals surface area contributed by atoms with Crippen LogP contribution in [-0.4, -0.2) is 147 Å². The number of unbranched alkanes of at least 4 members (excludes halogenated alkanes) is 1. The number of hydrogen-bond acceptors (Lipinski definition) is 14. The molecule has 18 heteroatoms. The Labute approximate surface area is 767 Å². The van der Waals surface area contributed by atoms with Gasteiger partial charge >= 0.3 is 0 Å². The van der Waals surface area contributed by atoms with E-state index in [-0.39, 0.29) is 7.92 Å². The van der Waals surface area contributed by atoms with E-state index < -0.39 is 23.8 Å². The lowest BCUT2D eigenvalue weighted by Gasteiger charge is -2.20. The molecule has 0 fully saturated rings. The van der Waals surface area contributed by atoms with Crippen LogP contribution in [0.3, 0.4) is 0 Å². The van der Waals surface area contributed by atoms with E-state index in [4.69, 9.17) is 38.1 Å². The van der Waals surface area contributed by atoms with E-state index in [1.807, 2.05) is 25.2 Å². The van der Waals surface area contributed by atoms with Crippen molar-refractivity contribution >= 4 is 103 Å². The second-order valence-corrected chi connectivity index (χ2v) is 39.5. The largest absolute Gasteiger partial charge is 0.490 e. The van der Waals surface area contributed by atoms with Gasteiger partial charge in [-0.25, -0.2) is 0 Å². The first-order valence-corrected chi connectivity index (χ1v) is 50.6. The van der Waals surface area contributed by atoms with Gasteiger partial charge in [0.1, 0.15) is 24.7 Å². The highest BCUT2D eigenvalue weighted by Crippen LogP contribution is 2.37. The van der Waals surface area contributed by atoms with Crippen molar-refractivity contribution in [1.82, 2.24) is 31.1 Å². The first-order valence-electron chi connectivity index (χ1n) is 44.6. The summed E-state index contributed by atoms with van der Waals surface area (Å²) in [7, 11) is 0.0957. The van der Waals surface area contributed by atoms with E-state index >= 15 is 0 Å². The van der Waals surface area contributed by atoms with Crippen molar-refractivity contribution in [3.8, 4) is 11.5 Å². The van der Waals surface area contributed by atoms with E-state index in [0.717, 1.165) is 108 Å². The van der Waals surface area contributed by atoms with Crippen molar-refractivity contribution in [2.75, 3.05) is 138 Å². The number of hydrogen-bond donors (Lipinski definition) is 10. The van der Waals surface area contributed by atoms with Gasteiger partial charge in [0, 0.05) is 116 Å². The normalized spacial score (nSPS) is 10.7. The fourth-order valence-electron chi connectivity index (χ4n) is 13.4. The number of likely N-dealkylation sites (N-methyl/N-ethyl adjacent to an activating group) is 1. The maximum Gasteiger partial charge on any atom is 0.122 e. The van der Waals surface area contributed by atoms with Gasteiger partial charge in [0.15, 0.2) is 0 Å². The Morgan fingerprint density at radius 1 is 0.294 bits per heavy atom. The molecule has 0 spiro atoms. The fourth-order valence-corrected chi connectivity index (χ4v) is 22.8. The second-order valence-electron chi connectivity index (χ2n) is 29.9. The van der Waals surface area contributed by atoms with Gasteiger partial charge in [-0.1, -0.05) is 371 Å². The molecule has 13 aromatic carbocycles. The topological polar surface area (TPSA) is 203 Å². The van der Waals surface area contributed by atoms with Crippen LogP contribution in [0.4, 0.5) is 0 Å². The van der Waals surface area contributed by atoms with Crippen LogP contribution in [0.15, 0.2) is 369 Å². The molecular formula is C108H141N11O2P4S. The molecule has 0 bridgehead atoms. The average Bonchev–Trinajstić information content (AvgIpc) is 0.821. The number of ether oxygens (including phenoxy) is 2. The molecule has 0 saturated carbocycles. The predicted molar refractivity (Wildman–Crippen MR) is 559 cm³/mol. The van der Waals surface area contributed by atoms with E-state index in [1.54, 1.807) is 0 Å². The summed E-state index contributed by atoms with van der Waals surface area (Å²) in [5.74, 6) is 1.70. The molecule has 0 radical (unpaired) electrons. The molecule has 126 heavy (non-hydrogen) atoms. The minimum atomic E-state index is -0.621. The van der Waals surface area contributed by atoms with Crippen LogP contribution in [0, 0.1) is 20.8 Å². The Hall–Kier alpha value is -8.91. The number of benzene rings is 13. The maximum atomic E-state index is 6.04. The quantitative estimate of drug-likeness (QED) is 0.00984. The SMILES string of the molecule is CCCCNCCNCCN.CCCP(c1ccccc1)c1ccccc1.CNCCN(CCN)CCN.Cc1ccc(CNCCN(CCN)CCN)cc1.Cc1ccc(P(c2ccccc2)c2ccccc2)cc1.Cc1cccc(S)c1.c1ccc(P(c2ccccc2)c2ccc(OCCOc3ccc(P(c4ccccc4)c4ccccc4)cc3)cc2)cc1. The summed E-state index contributed by atoms with van der Waals surface area (Å²) < 4.78 is 12.1. The highest BCUT2D eigenvalue weighted by molar-refractivity contribution is 7.81. The van der Waals surface area contributed by atoms with Crippen LogP contribution in [0.25, 0.3) is 0 Å². The number of nitrogens with two attached hydrogens (primary N) is 5. The maximum absolute atomic E-state index is 6.04. The third-order valence-electron chi connectivity index (χ3n) is 19.8. The highest BCUT2D eigenvalue weighted by Gasteiger charge is 2.20. The summed E-state index contributed by atoms with van der Waals surface area (Å²) in [4.78, 5) is 5.59. The lowest BCUT2D eigenvalue weighted by atomic mass is 10.1. The van der Waals surface area contributed by atoms with Crippen molar-refractivity contribution in [1.29, 1.82) is 0 Å². The molecular weight excluding hydrogens is 1640 g/mol. The molecule has 0 aliphatic heterocycles. The van der Waals surface area contributed by atoms with Gasteiger partial charge < -0.3 is 59.4 Å². The minimum absolute atomic E-state index is 0.151. The van der Waals surface area contributed by atoms with E-state index in [2.05, 4.69) is 424 Å². The Balaban J connectivity index is 0.000000219. The molecule has 0 unspecified atom stereocenters. The van der Waals surface area contributed by atoms with Gasteiger partial charge in [-0.2, -0.15) is 0 Å². The predicted octanol–water partition coefficient (Wildman–Crippen LogP) is 14.9. The molecule has 13 nitrogen and oxygen atoms in total. The fraction of sp³-hybridized carbons (Fsp3) is 0.278. The Morgan fingerprint density at radius 2 is 0.611 bits per heavy atom. The summed E-state index contributed by atoms with van der Waals surface area (Å²) in [6, 6.07) is 129. The minimum Gasteiger partial charge on any atom is -0.490 e. The van der Waals surface area contributed by atoms with E-state index in [9.17, 15) is 0 Å². The summed E-state index contributed by atoms with van der Waals surface area (Å²) >= 11 is 4.15. The third-order valence-corrected chi connectivity index (χ3v) is 30.1. The van der Waals surface area contributed by atoms with Crippen LogP contribution in [0.2, 0.25) is 0 Å². The lowest BCUT2D eigenvalue weighted by molar-refractivity contribution is 0.217. The van der Waals surface area contributed by atoms with Gasteiger partial charge in [-0.15, -0.1) is 12.6 Å². The van der Waals surface area contributed by atoms with Crippen molar-refractivity contribution in [3.05, 3.63) is 386 Å². The van der Waals surface area contributed by atoms with Gasteiger partial charge in [0.25, 0.3) is 0 Å². The molecule has 0 saturated heterocycles. The van der Waals surface area contributed by atoms with Gasteiger partial charge in [0.05, 0.1) is 0 Å². The molecule has 666 valence electrons. The molecule has 0 atom stereocenters. The monoisotopic (exact) mass is 1780 g/mol. The van der Waals surface area contributed by atoms with Crippen LogP contribution in [0.1, 0.15) is 55.4 Å². The second kappa shape index (κ2) is 65.6. The van der Waals surface area contributed by atoms with Crippen molar-refractivity contribution < 1.29 is 9.47 Å². The molecule has 0 aliphatic carbocycles. The summed E-state index contributed by atoms with van der Waals surface area (Å²) in [6.07, 6.45) is 5.07. The molecule has 0 heterocycles. The molecule has 0 amide bonds. The van der Waals surface area contributed by atoms with E-state index in [1.165, 1.54) is 106 Å². The van der Waals surface area contributed by atoms with Gasteiger partial charge in [-0.05, 0) is 179 Å². The molecule has 13 rings (SSSR count). The third kappa shape index (κ3) is 41.5. The zero-order valence-electron chi connectivity index (χ0n) is 75.4. The number of aryl methyl sites for hydroxylation is 3. The van der Waals surface area contributed by atoms with Crippen molar-refractivity contribution in [3.63, 3.8) is 0 Å². The first kappa shape index (κ1) is 104. The number of rotatable bonds is 42. The van der Waals surface area contributed by atoms with Crippen LogP contribution >= 0.6 is 44.3 Å².